The molecule has 0 atom stereocenters. The lowest BCUT2D eigenvalue weighted by molar-refractivity contribution is 0.185. The molecule has 2 aromatic heterocycles. The van der Waals surface area contributed by atoms with Gasteiger partial charge in [-0.3, -0.25) is 9.69 Å². The highest BCUT2D eigenvalue weighted by molar-refractivity contribution is 5.25. The van der Waals surface area contributed by atoms with Gasteiger partial charge < -0.3 is 13.8 Å². The van der Waals surface area contributed by atoms with Crippen molar-refractivity contribution < 1.29 is 9.26 Å². The number of hydrogen-bond acceptors (Lipinski definition) is 5. The predicted octanol–water partition coefficient (Wildman–Crippen LogP) is 1.70. The minimum Gasteiger partial charge on any atom is -0.383 e. The van der Waals surface area contributed by atoms with E-state index in [0.29, 0.717) is 13.2 Å². The zero-order valence-electron chi connectivity index (χ0n) is 14.7. The van der Waals surface area contributed by atoms with Crippen molar-refractivity contribution in [2.24, 2.45) is 0 Å². The molecule has 0 bridgehead atoms. The third-order valence-electron chi connectivity index (χ3n) is 4.83. The highest BCUT2D eigenvalue weighted by atomic mass is 16.5. The molecule has 3 rings (SSSR count). The Morgan fingerprint density at radius 1 is 1.25 bits per heavy atom. The summed E-state index contributed by atoms with van der Waals surface area (Å²) in [7, 11) is 1.66. The standard InChI is InChI=1S/C18H25N3O3/c1-13-16(14(2)24-19-13)12-20-8-6-15-4-5-18(22)21(10-11-23-3)17(15)7-9-20/h4-5H,6-12H2,1-3H3. The molecule has 130 valence electrons. The molecule has 3 heterocycles. The average molecular weight is 331 g/mol. The van der Waals surface area contributed by atoms with Crippen LogP contribution in [-0.2, 0) is 30.7 Å². The predicted molar refractivity (Wildman–Crippen MR) is 91.2 cm³/mol. The fourth-order valence-corrected chi connectivity index (χ4v) is 3.38. The molecule has 24 heavy (non-hydrogen) atoms. The number of aryl methyl sites for hydroxylation is 2. The van der Waals surface area contributed by atoms with E-state index in [0.717, 1.165) is 49.6 Å². The van der Waals surface area contributed by atoms with Crippen LogP contribution in [0.25, 0.3) is 0 Å². The Labute approximate surface area is 142 Å². The highest BCUT2D eigenvalue weighted by Gasteiger charge is 2.20. The molecular weight excluding hydrogens is 306 g/mol. The van der Waals surface area contributed by atoms with E-state index in [1.165, 1.54) is 11.1 Å². The summed E-state index contributed by atoms with van der Waals surface area (Å²) in [5.74, 6) is 0.895. The van der Waals surface area contributed by atoms with E-state index in [4.69, 9.17) is 9.26 Å². The summed E-state index contributed by atoms with van der Waals surface area (Å²) < 4.78 is 12.3. The minimum absolute atomic E-state index is 0.0602. The van der Waals surface area contributed by atoms with Crippen LogP contribution < -0.4 is 5.56 Å². The summed E-state index contributed by atoms with van der Waals surface area (Å²) in [6.07, 6.45) is 1.82. The molecule has 2 aromatic rings. The Morgan fingerprint density at radius 3 is 2.75 bits per heavy atom. The zero-order valence-corrected chi connectivity index (χ0v) is 14.7. The summed E-state index contributed by atoms with van der Waals surface area (Å²) in [6.45, 7) is 7.86. The average Bonchev–Trinajstić information content (AvgIpc) is 2.77. The van der Waals surface area contributed by atoms with Crippen LogP contribution in [0.2, 0.25) is 0 Å². The number of ether oxygens (including phenoxy) is 1. The molecule has 0 N–H and O–H groups in total. The van der Waals surface area contributed by atoms with Gasteiger partial charge in [-0.1, -0.05) is 11.2 Å². The summed E-state index contributed by atoms with van der Waals surface area (Å²) in [4.78, 5) is 14.6. The third kappa shape index (κ3) is 3.44. The maximum atomic E-state index is 12.2. The van der Waals surface area contributed by atoms with E-state index < -0.39 is 0 Å². The number of rotatable bonds is 5. The first-order chi connectivity index (χ1) is 11.6. The van der Waals surface area contributed by atoms with E-state index in [-0.39, 0.29) is 5.56 Å². The van der Waals surface area contributed by atoms with Crippen molar-refractivity contribution in [1.29, 1.82) is 0 Å². The maximum absolute atomic E-state index is 12.2. The number of fused-ring (bicyclic) bond motifs is 1. The van der Waals surface area contributed by atoms with Gasteiger partial charge in [-0.05, 0) is 25.8 Å². The Kier molecular flexibility index (Phi) is 5.16. The van der Waals surface area contributed by atoms with Crippen LogP contribution in [0.5, 0.6) is 0 Å². The zero-order chi connectivity index (χ0) is 17.1. The molecule has 0 saturated carbocycles. The van der Waals surface area contributed by atoms with Crippen LogP contribution in [0.15, 0.2) is 21.5 Å². The maximum Gasteiger partial charge on any atom is 0.250 e. The van der Waals surface area contributed by atoms with Crippen LogP contribution >= 0.6 is 0 Å². The second-order valence-electron chi connectivity index (χ2n) is 6.37. The molecule has 0 radical (unpaired) electrons. The van der Waals surface area contributed by atoms with Crippen molar-refractivity contribution in [2.45, 2.75) is 39.8 Å². The van der Waals surface area contributed by atoms with Gasteiger partial charge in [0.15, 0.2) is 0 Å². The van der Waals surface area contributed by atoms with Gasteiger partial charge in [-0.25, -0.2) is 0 Å². The summed E-state index contributed by atoms with van der Waals surface area (Å²) >= 11 is 0. The molecule has 0 aromatic carbocycles. The van der Waals surface area contributed by atoms with Gasteiger partial charge in [0.2, 0.25) is 0 Å². The van der Waals surface area contributed by atoms with Crippen LogP contribution in [0.3, 0.4) is 0 Å². The monoisotopic (exact) mass is 331 g/mol. The fraction of sp³-hybridized carbons (Fsp3) is 0.556. The largest absolute Gasteiger partial charge is 0.383 e. The van der Waals surface area contributed by atoms with Gasteiger partial charge in [-0.2, -0.15) is 0 Å². The van der Waals surface area contributed by atoms with Crippen molar-refractivity contribution in [3.63, 3.8) is 0 Å². The van der Waals surface area contributed by atoms with E-state index in [1.807, 2.05) is 24.5 Å². The van der Waals surface area contributed by atoms with Gasteiger partial charge in [0, 0.05) is 57.0 Å². The van der Waals surface area contributed by atoms with E-state index >= 15 is 0 Å². The second kappa shape index (κ2) is 7.32. The SMILES string of the molecule is COCCn1c2c(ccc1=O)CCN(Cc1c(C)noc1C)CC2. The lowest BCUT2D eigenvalue weighted by Gasteiger charge is -2.19. The van der Waals surface area contributed by atoms with Crippen molar-refractivity contribution in [3.8, 4) is 0 Å². The smallest absolute Gasteiger partial charge is 0.250 e. The van der Waals surface area contributed by atoms with E-state index in [9.17, 15) is 4.79 Å². The number of aromatic nitrogens is 2. The van der Waals surface area contributed by atoms with Gasteiger partial charge in [0.1, 0.15) is 5.76 Å². The Bertz CT molecular complexity index is 744. The second-order valence-corrected chi connectivity index (χ2v) is 6.37. The molecule has 1 aliphatic rings. The quantitative estimate of drug-likeness (QED) is 0.834. The molecule has 6 heteroatoms. The van der Waals surface area contributed by atoms with Gasteiger partial charge >= 0.3 is 0 Å². The normalized spacial score (nSPS) is 15.3. The van der Waals surface area contributed by atoms with Gasteiger partial charge in [0.25, 0.3) is 5.56 Å². The third-order valence-corrected chi connectivity index (χ3v) is 4.83. The molecule has 0 spiro atoms. The molecular formula is C18H25N3O3. The Balaban J connectivity index is 1.78. The van der Waals surface area contributed by atoms with Crippen molar-refractivity contribution in [2.75, 3.05) is 26.8 Å². The number of hydrogen-bond donors (Lipinski definition) is 0. The molecule has 0 aliphatic carbocycles. The molecule has 0 fully saturated rings. The van der Waals surface area contributed by atoms with Gasteiger partial charge in [0.05, 0.1) is 12.3 Å². The van der Waals surface area contributed by atoms with Crippen LogP contribution in [0.1, 0.15) is 28.3 Å². The Hall–Kier alpha value is -1.92. The molecule has 6 nitrogen and oxygen atoms in total. The van der Waals surface area contributed by atoms with Crippen molar-refractivity contribution in [3.05, 3.63) is 50.8 Å². The van der Waals surface area contributed by atoms with Crippen LogP contribution in [0.4, 0.5) is 0 Å². The van der Waals surface area contributed by atoms with Crippen LogP contribution in [-0.4, -0.2) is 41.4 Å². The Morgan fingerprint density at radius 2 is 2.04 bits per heavy atom. The first kappa shape index (κ1) is 16.9. The molecule has 0 unspecified atom stereocenters. The van der Waals surface area contributed by atoms with E-state index in [2.05, 4.69) is 10.1 Å². The highest BCUT2D eigenvalue weighted by Crippen LogP contribution is 2.19. The molecule has 0 amide bonds. The summed E-state index contributed by atoms with van der Waals surface area (Å²) in [5.41, 5.74) is 4.63. The van der Waals surface area contributed by atoms with E-state index in [1.54, 1.807) is 13.2 Å². The fourth-order valence-electron chi connectivity index (χ4n) is 3.38. The van der Waals surface area contributed by atoms with Crippen LogP contribution in [0, 0.1) is 13.8 Å². The summed E-state index contributed by atoms with van der Waals surface area (Å²) in [6, 6.07) is 3.67. The molecule has 1 aliphatic heterocycles. The van der Waals surface area contributed by atoms with Gasteiger partial charge in [-0.15, -0.1) is 0 Å². The number of nitrogens with zero attached hydrogens (tertiary/aromatic N) is 3. The van der Waals surface area contributed by atoms with Crippen molar-refractivity contribution >= 4 is 0 Å². The minimum atomic E-state index is 0.0602. The molecule has 0 saturated heterocycles. The van der Waals surface area contributed by atoms with Crippen molar-refractivity contribution in [1.82, 2.24) is 14.6 Å². The first-order valence-electron chi connectivity index (χ1n) is 8.44. The first-order valence-corrected chi connectivity index (χ1v) is 8.44. The number of pyridine rings is 1. The lowest BCUT2D eigenvalue weighted by Crippen LogP contribution is -2.28. The summed E-state index contributed by atoms with van der Waals surface area (Å²) in [5, 5.41) is 4.04. The topological polar surface area (TPSA) is 60.5 Å². The lowest BCUT2D eigenvalue weighted by atomic mass is 10.1. The number of methoxy groups -OCH3 is 1.